The first-order valence-corrected chi connectivity index (χ1v) is 11.9. The number of carboxylic acids is 2. The van der Waals surface area contributed by atoms with Crippen LogP contribution in [-0.2, 0) is 9.59 Å². The smallest absolute Gasteiger partial charge is 0.303 e. The Morgan fingerprint density at radius 1 is 0.931 bits per heavy atom. The van der Waals surface area contributed by atoms with Gasteiger partial charge < -0.3 is 10.2 Å². The zero-order chi connectivity index (χ0) is 20.8. The van der Waals surface area contributed by atoms with Gasteiger partial charge in [-0.2, -0.15) is 0 Å². The van der Waals surface area contributed by atoms with E-state index in [1.807, 2.05) is 0 Å². The average Bonchev–Trinajstić information content (AvgIpc) is 3.01. The second-order valence-electron chi connectivity index (χ2n) is 11.1. The van der Waals surface area contributed by atoms with Gasteiger partial charge in [0.2, 0.25) is 0 Å². The van der Waals surface area contributed by atoms with Crippen LogP contribution in [0.4, 0.5) is 0 Å². The molecule has 162 valence electrons. The number of hydrogen-bond acceptors (Lipinski definition) is 2. The van der Waals surface area contributed by atoms with Gasteiger partial charge in [0.25, 0.3) is 0 Å². The van der Waals surface area contributed by atoms with Crippen molar-refractivity contribution in [1.82, 2.24) is 0 Å². The fraction of sp³-hybridized carbons (Fsp3) is 0.840. The van der Waals surface area contributed by atoms with E-state index in [4.69, 9.17) is 10.2 Å². The third kappa shape index (κ3) is 3.65. The van der Waals surface area contributed by atoms with Gasteiger partial charge in [0.15, 0.2) is 0 Å². The fourth-order valence-corrected chi connectivity index (χ4v) is 8.29. The highest BCUT2D eigenvalue weighted by Crippen LogP contribution is 2.67. The van der Waals surface area contributed by atoms with Crippen molar-refractivity contribution in [3.8, 4) is 0 Å². The van der Waals surface area contributed by atoms with Crippen molar-refractivity contribution in [1.29, 1.82) is 0 Å². The minimum Gasteiger partial charge on any atom is -0.481 e. The SMILES string of the molecule is C[C@]12C=CC(CCC(=O)O)C[C@@H]1CC[C@@H]1[C@@H]2CC[C@]2(C)[C@@H](CCC(=O)O)CC[C@@H]12. The van der Waals surface area contributed by atoms with E-state index in [2.05, 4.69) is 26.0 Å². The van der Waals surface area contributed by atoms with Crippen molar-refractivity contribution in [2.45, 2.75) is 84.5 Å². The summed E-state index contributed by atoms with van der Waals surface area (Å²) in [7, 11) is 0. The highest BCUT2D eigenvalue weighted by Gasteiger charge is 2.59. The largest absolute Gasteiger partial charge is 0.481 e. The molecule has 4 aliphatic rings. The van der Waals surface area contributed by atoms with Gasteiger partial charge in [0.05, 0.1) is 0 Å². The molecule has 0 bridgehead atoms. The van der Waals surface area contributed by atoms with Gasteiger partial charge in [-0.25, -0.2) is 0 Å². The Morgan fingerprint density at radius 2 is 1.66 bits per heavy atom. The molecule has 1 unspecified atom stereocenters. The lowest BCUT2D eigenvalue weighted by Crippen LogP contribution is -2.52. The maximum Gasteiger partial charge on any atom is 0.303 e. The average molecular weight is 403 g/mol. The van der Waals surface area contributed by atoms with Gasteiger partial charge in [-0.05, 0) is 104 Å². The van der Waals surface area contributed by atoms with Crippen LogP contribution in [0.3, 0.4) is 0 Å². The summed E-state index contributed by atoms with van der Waals surface area (Å²) in [6, 6.07) is 0. The van der Waals surface area contributed by atoms with E-state index in [1.165, 1.54) is 38.5 Å². The number of carbonyl (C=O) groups is 2. The quantitative estimate of drug-likeness (QED) is 0.553. The van der Waals surface area contributed by atoms with Crippen molar-refractivity contribution in [3.63, 3.8) is 0 Å². The highest BCUT2D eigenvalue weighted by molar-refractivity contribution is 5.67. The van der Waals surface area contributed by atoms with Gasteiger partial charge in [-0.15, -0.1) is 0 Å². The fourth-order valence-electron chi connectivity index (χ4n) is 8.29. The molecular formula is C25H38O4. The first kappa shape index (κ1) is 20.9. The summed E-state index contributed by atoms with van der Waals surface area (Å²) in [6.07, 6.45) is 15.8. The molecule has 4 heteroatoms. The van der Waals surface area contributed by atoms with Crippen LogP contribution in [0.2, 0.25) is 0 Å². The monoisotopic (exact) mass is 402 g/mol. The molecule has 4 rings (SSSR count). The van der Waals surface area contributed by atoms with Crippen LogP contribution in [0.15, 0.2) is 12.2 Å². The second kappa shape index (κ2) is 7.74. The van der Waals surface area contributed by atoms with Crippen LogP contribution in [-0.4, -0.2) is 22.2 Å². The normalized spacial score (nSPS) is 45.9. The van der Waals surface area contributed by atoms with E-state index in [0.29, 0.717) is 29.6 Å². The molecule has 4 aliphatic carbocycles. The second-order valence-corrected chi connectivity index (χ2v) is 11.1. The predicted molar refractivity (Wildman–Crippen MR) is 112 cm³/mol. The van der Waals surface area contributed by atoms with Crippen molar-refractivity contribution < 1.29 is 19.8 Å². The molecule has 2 N–H and O–H groups in total. The summed E-state index contributed by atoms with van der Waals surface area (Å²) < 4.78 is 0. The summed E-state index contributed by atoms with van der Waals surface area (Å²) >= 11 is 0. The van der Waals surface area contributed by atoms with Crippen molar-refractivity contribution in [2.24, 2.45) is 46.3 Å². The van der Waals surface area contributed by atoms with E-state index >= 15 is 0 Å². The zero-order valence-electron chi connectivity index (χ0n) is 18.1. The lowest BCUT2D eigenvalue weighted by Gasteiger charge is -2.59. The number of rotatable bonds is 6. The molecular weight excluding hydrogens is 364 g/mol. The summed E-state index contributed by atoms with van der Waals surface area (Å²) in [6.45, 7) is 4.96. The number of allylic oxidation sites excluding steroid dienone is 2. The van der Waals surface area contributed by atoms with E-state index in [0.717, 1.165) is 37.0 Å². The maximum absolute atomic E-state index is 11.1. The Hall–Kier alpha value is -1.32. The summed E-state index contributed by atoms with van der Waals surface area (Å²) in [4.78, 5) is 22.1. The molecule has 0 aromatic carbocycles. The Labute approximate surface area is 175 Å². The van der Waals surface area contributed by atoms with Gasteiger partial charge in [0, 0.05) is 12.8 Å². The number of fused-ring (bicyclic) bond motifs is 5. The van der Waals surface area contributed by atoms with Crippen molar-refractivity contribution in [2.75, 3.05) is 0 Å². The lowest BCUT2D eigenvalue weighted by atomic mass is 9.45. The minimum atomic E-state index is -0.680. The molecule has 0 saturated heterocycles. The van der Waals surface area contributed by atoms with Gasteiger partial charge in [-0.3, -0.25) is 9.59 Å². The van der Waals surface area contributed by atoms with Crippen LogP contribution >= 0.6 is 0 Å². The van der Waals surface area contributed by atoms with Gasteiger partial charge >= 0.3 is 11.9 Å². The third-order valence-electron chi connectivity index (χ3n) is 9.91. The summed E-state index contributed by atoms with van der Waals surface area (Å²) in [5.74, 6) is 2.67. The molecule has 29 heavy (non-hydrogen) atoms. The van der Waals surface area contributed by atoms with E-state index in [-0.39, 0.29) is 11.8 Å². The van der Waals surface area contributed by atoms with Gasteiger partial charge in [-0.1, -0.05) is 26.0 Å². The molecule has 0 radical (unpaired) electrons. The molecule has 0 aromatic rings. The molecule has 0 heterocycles. The Morgan fingerprint density at radius 3 is 2.38 bits per heavy atom. The third-order valence-corrected chi connectivity index (χ3v) is 9.91. The van der Waals surface area contributed by atoms with Crippen LogP contribution in [0.5, 0.6) is 0 Å². The van der Waals surface area contributed by atoms with Crippen LogP contribution in [0.1, 0.15) is 84.5 Å². The molecule has 0 aliphatic heterocycles. The molecule has 4 nitrogen and oxygen atoms in total. The van der Waals surface area contributed by atoms with E-state index in [1.54, 1.807) is 0 Å². The number of aliphatic carboxylic acids is 2. The van der Waals surface area contributed by atoms with Crippen molar-refractivity contribution in [3.05, 3.63) is 12.2 Å². The van der Waals surface area contributed by atoms with Crippen LogP contribution in [0.25, 0.3) is 0 Å². The van der Waals surface area contributed by atoms with E-state index in [9.17, 15) is 9.59 Å². The maximum atomic E-state index is 11.1. The standard InChI is InChI=1S/C25H38O4/c1-24-14-12-21-19(20(24)8-5-17(24)6-10-23(28)29)7-4-18-15-16(3-9-22(26)27)11-13-25(18,21)2/h11,13,16-21H,3-10,12,14-15H2,1-2H3,(H,26,27)(H,28,29)/t16?,17-,18+,19+,20+,21+,24-,25+/m1/s1. The first-order valence-electron chi connectivity index (χ1n) is 11.9. The first-order chi connectivity index (χ1) is 13.7. The van der Waals surface area contributed by atoms with E-state index < -0.39 is 11.9 Å². The summed E-state index contributed by atoms with van der Waals surface area (Å²) in [5.41, 5.74) is 0.603. The minimum absolute atomic E-state index is 0.267. The predicted octanol–water partition coefficient (Wildman–Crippen LogP) is 5.77. The molecule has 8 atom stereocenters. The lowest BCUT2D eigenvalue weighted by molar-refractivity contribution is -0.138. The molecule has 0 spiro atoms. The Kier molecular flexibility index (Phi) is 5.59. The topological polar surface area (TPSA) is 74.6 Å². The van der Waals surface area contributed by atoms with Crippen molar-refractivity contribution >= 4 is 11.9 Å². The highest BCUT2D eigenvalue weighted by atomic mass is 16.4. The molecule has 0 aromatic heterocycles. The zero-order valence-corrected chi connectivity index (χ0v) is 18.1. The molecule has 0 amide bonds. The Balaban J connectivity index is 1.48. The van der Waals surface area contributed by atoms with Crippen LogP contribution in [0, 0.1) is 46.3 Å². The Bertz CT molecular complexity index is 684. The summed E-state index contributed by atoms with van der Waals surface area (Å²) in [5, 5.41) is 18.2. The van der Waals surface area contributed by atoms with Gasteiger partial charge in [0.1, 0.15) is 0 Å². The molecule has 3 saturated carbocycles. The van der Waals surface area contributed by atoms with Crippen LogP contribution < -0.4 is 0 Å². The molecule has 3 fully saturated rings. The number of carboxylic acid groups (broad SMARTS) is 2. The number of hydrogen-bond donors (Lipinski definition) is 2.